The molecule has 8 heteroatoms. The third-order valence-electron chi connectivity index (χ3n) is 6.38. The van der Waals surface area contributed by atoms with Crippen molar-refractivity contribution in [3.05, 3.63) is 82.9 Å². The van der Waals surface area contributed by atoms with Crippen molar-refractivity contribution in [1.82, 2.24) is 10.3 Å². The SMILES string of the molecule is CCOC(=O)C1=C(C)NC(C)(c2ccccc2)C(C(=O)OCC)C1Nc1nc(-c2ccccc2)cs1. The van der Waals surface area contributed by atoms with Gasteiger partial charge < -0.3 is 20.1 Å². The Kier molecular flexibility index (Phi) is 7.74. The molecule has 0 saturated heterocycles. The highest BCUT2D eigenvalue weighted by Crippen LogP contribution is 2.42. The molecule has 36 heavy (non-hydrogen) atoms. The number of benzene rings is 2. The van der Waals surface area contributed by atoms with Gasteiger partial charge in [0.1, 0.15) is 5.92 Å². The minimum atomic E-state index is -0.856. The van der Waals surface area contributed by atoms with Crippen molar-refractivity contribution in [2.75, 3.05) is 18.5 Å². The Labute approximate surface area is 215 Å². The predicted octanol–water partition coefficient (Wildman–Crippen LogP) is 5.13. The van der Waals surface area contributed by atoms with E-state index < -0.39 is 29.4 Å². The summed E-state index contributed by atoms with van der Waals surface area (Å²) in [5.74, 6) is -1.68. The number of nitrogens with zero attached hydrogens (tertiary/aromatic N) is 1. The summed E-state index contributed by atoms with van der Waals surface area (Å²) in [4.78, 5) is 31.5. The normalized spacial score (nSPS) is 21.4. The van der Waals surface area contributed by atoms with E-state index in [1.54, 1.807) is 13.8 Å². The van der Waals surface area contributed by atoms with Crippen molar-refractivity contribution in [2.45, 2.75) is 39.3 Å². The number of ether oxygens (including phenoxy) is 2. The Balaban J connectivity index is 1.82. The second-order valence-electron chi connectivity index (χ2n) is 8.71. The molecule has 7 nitrogen and oxygen atoms in total. The molecular weight excluding hydrogens is 474 g/mol. The average Bonchev–Trinajstić information content (AvgIpc) is 3.34. The van der Waals surface area contributed by atoms with Crippen LogP contribution >= 0.6 is 11.3 Å². The topological polar surface area (TPSA) is 89.5 Å². The smallest absolute Gasteiger partial charge is 0.337 e. The lowest BCUT2D eigenvalue weighted by Gasteiger charge is -2.47. The molecule has 188 valence electrons. The van der Waals surface area contributed by atoms with E-state index in [1.165, 1.54) is 11.3 Å². The summed E-state index contributed by atoms with van der Waals surface area (Å²) in [5.41, 5.74) is 2.85. The fraction of sp³-hybridized carbons (Fsp3) is 0.321. The summed E-state index contributed by atoms with van der Waals surface area (Å²) < 4.78 is 11.0. The maximum absolute atomic E-state index is 13.6. The van der Waals surface area contributed by atoms with Crippen LogP contribution in [0.1, 0.15) is 33.3 Å². The van der Waals surface area contributed by atoms with Crippen molar-refractivity contribution < 1.29 is 19.1 Å². The minimum Gasteiger partial charge on any atom is -0.466 e. The lowest BCUT2D eigenvalue weighted by molar-refractivity contribution is -0.152. The number of nitrogens with one attached hydrogen (secondary N) is 2. The van der Waals surface area contributed by atoms with Gasteiger partial charge in [0, 0.05) is 16.6 Å². The van der Waals surface area contributed by atoms with E-state index in [-0.39, 0.29) is 13.2 Å². The van der Waals surface area contributed by atoms with Gasteiger partial charge in [-0.1, -0.05) is 60.7 Å². The summed E-state index contributed by atoms with van der Waals surface area (Å²) in [5, 5.41) is 9.42. The first kappa shape index (κ1) is 25.4. The van der Waals surface area contributed by atoms with E-state index in [2.05, 4.69) is 10.6 Å². The fourth-order valence-corrected chi connectivity index (χ4v) is 5.52. The van der Waals surface area contributed by atoms with Gasteiger partial charge in [-0.15, -0.1) is 11.3 Å². The lowest BCUT2D eigenvalue weighted by atomic mass is 9.70. The van der Waals surface area contributed by atoms with E-state index in [0.29, 0.717) is 16.4 Å². The zero-order valence-electron chi connectivity index (χ0n) is 20.9. The minimum absolute atomic E-state index is 0.220. The van der Waals surface area contributed by atoms with E-state index in [0.717, 1.165) is 16.8 Å². The van der Waals surface area contributed by atoms with Crippen molar-refractivity contribution in [2.24, 2.45) is 5.92 Å². The van der Waals surface area contributed by atoms with Crippen LogP contribution in [0.5, 0.6) is 0 Å². The standard InChI is InChI=1S/C28H31N3O4S/c1-5-34-25(32)22-18(3)31-28(4,20-15-11-8-12-16-20)23(26(33)35-6-2)24(22)30-27-29-21(17-36-27)19-13-9-7-10-14-19/h7-17,23-24,31H,5-6H2,1-4H3,(H,29,30). The molecule has 2 N–H and O–H groups in total. The quantitative estimate of drug-likeness (QED) is 0.411. The molecular formula is C28H31N3O4S. The Hall–Kier alpha value is -3.65. The van der Waals surface area contributed by atoms with Crippen LogP contribution in [0.15, 0.2) is 77.3 Å². The number of thiazole rings is 1. The third kappa shape index (κ3) is 4.99. The van der Waals surface area contributed by atoms with Crippen LogP contribution in [0.4, 0.5) is 5.13 Å². The van der Waals surface area contributed by atoms with Gasteiger partial charge in [-0.05, 0) is 33.3 Å². The largest absolute Gasteiger partial charge is 0.466 e. The first-order valence-corrected chi connectivity index (χ1v) is 12.9. The monoisotopic (exact) mass is 505 g/mol. The summed E-state index contributed by atoms with van der Waals surface area (Å²) in [7, 11) is 0. The second-order valence-corrected chi connectivity index (χ2v) is 9.57. The lowest BCUT2D eigenvalue weighted by Crippen LogP contribution is -2.60. The summed E-state index contributed by atoms with van der Waals surface area (Å²) in [6.07, 6.45) is 0. The van der Waals surface area contributed by atoms with Gasteiger partial charge in [0.05, 0.1) is 36.1 Å². The Morgan fingerprint density at radius 3 is 2.31 bits per heavy atom. The molecule has 0 fully saturated rings. The maximum atomic E-state index is 13.6. The number of anilines is 1. The van der Waals surface area contributed by atoms with Crippen LogP contribution in [0, 0.1) is 5.92 Å². The molecule has 3 aromatic rings. The van der Waals surface area contributed by atoms with E-state index >= 15 is 0 Å². The Morgan fingerprint density at radius 2 is 1.67 bits per heavy atom. The molecule has 1 aliphatic rings. The summed E-state index contributed by atoms with van der Waals surface area (Å²) >= 11 is 1.42. The van der Waals surface area contributed by atoms with Crippen LogP contribution in [0.25, 0.3) is 11.3 Å². The van der Waals surface area contributed by atoms with Crippen LogP contribution in [-0.2, 0) is 24.6 Å². The van der Waals surface area contributed by atoms with Gasteiger partial charge in [-0.2, -0.15) is 0 Å². The van der Waals surface area contributed by atoms with Gasteiger partial charge in [0.15, 0.2) is 5.13 Å². The zero-order valence-corrected chi connectivity index (χ0v) is 21.7. The highest BCUT2D eigenvalue weighted by molar-refractivity contribution is 7.14. The predicted molar refractivity (Wildman–Crippen MR) is 141 cm³/mol. The van der Waals surface area contributed by atoms with Crippen LogP contribution in [0.3, 0.4) is 0 Å². The van der Waals surface area contributed by atoms with Gasteiger partial charge in [0.2, 0.25) is 0 Å². The van der Waals surface area contributed by atoms with Crippen LogP contribution in [-0.4, -0.2) is 36.2 Å². The first-order valence-electron chi connectivity index (χ1n) is 12.0. The van der Waals surface area contributed by atoms with E-state index in [1.807, 2.05) is 79.9 Å². The Bertz CT molecular complexity index is 1240. The fourth-order valence-electron chi connectivity index (χ4n) is 4.77. The zero-order chi connectivity index (χ0) is 25.7. The molecule has 0 saturated carbocycles. The number of allylic oxidation sites excluding steroid dienone is 1. The number of rotatable bonds is 8. The molecule has 2 aromatic carbocycles. The third-order valence-corrected chi connectivity index (χ3v) is 7.15. The molecule has 0 radical (unpaired) electrons. The second kappa shape index (κ2) is 11.0. The number of aromatic nitrogens is 1. The number of hydrogen-bond donors (Lipinski definition) is 2. The molecule has 0 amide bonds. The number of esters is 2. The van der Waals surface area contributed by atoms with Crippen molar-refractivity contribution in [3.63, 3.8) is 0 Å². The molecule has 3 unspecified atom stereocenters. The highest BCUT2D eigenvalue weighted by atomic mass is 32.1. The molecule has 1 aliphatic heterocycles. The number of hydrogen-bond acceptors (Lipinski definition) is 8. The van der Waals surface area contributed by atoms with Crippen molar-refractivity contribution in [1.29, 1.82) is 0 Å². The molecule has 1 aromatic heterocycles. The molecule has 4 rings (SSSR count). The van der Waals surface area contributed by atoms with Gasteiger partial charge >= 0.3 is 11.9 Å². The first-order chi connectivity index (χ1) is 17.4. The molecule has 0 spiro atoms. The highest BCUT2D eigenvalue weighted by Gasteiger charge is 2.53. The van der Waals surface area contributed by atoms with E-state index in [9.17, 15) is 9.59 Å². The molecule has 2 heterocycles. The van der Waals surface area contributed by atoms with E-state index in [4.69, 9.17) is 14.5 Å². The van der Waals surface area contributed by atoms with Gasteiger partial charge in [-0.25, -0.2) is 9.78 Å². The van der Waals surface area contributed by atoms with Crippen molar-refractivity contribution >= 4 is 28.4 Å². The summed E-state index contributed by atoms with van der Waals surface area (Å²) in [6, 6.07) is 18.9. The van der Waals surface area contributed by atoms with Crippen LogP contribution in [0.2, 0.25) is 0 Å². The summed E-state index contributed by atoms with van der Waals surface area (Å²) in [6.45, 7) is 7.77. The van der Waals surface area contributed by atoms with Gasteiger partial charge in [0.25, 0.3) is 0 Å². The van der Waals surface area contributed by atoms with Gasteiger partial charge in [-0.3, -0.25) is 4.79 Å². The Morgan fingerprint density at radius 1 is 1.03 bits per heavy atom. The maximum Gasteiger partial charge on any atom is 0.337 e. The molecule has 0 bridgehead atoms. The number of carbonyl (C=O) groups is 2. The average molecular weight is 506 g/mol. The molecule has 3 atom stereocenters. The number of carbonyl (C=O) groups excluding carboxylic acids is 2. The van der Waals surface area contributed by atoms with Crippen LogP contribution < -0.4 is 10.6 Å². The van der Waals surface area contributed by atoms with Crippen molar-refractivity contribution in [3.8, 4) is 11.3 Å². The molecule has 0 aliphatic carbocycles.